The first-order chi connectivity index (χ1) is 9.70. The zero-order chi connectivity index (χ0) is 14.1. The van der Waals surface area contributed by atoms with E-state index in [0.717, 1.165) is 18.7 Å². The van der Waals surface area contributed by atoms with Gasteiger partial charge in [0.1, 0.15) is 5.82 Å². The van der Waals surface area contributed by atoms with Crippen LogP contribution in [0, 0.1) is 0 Å². The molecule has 0 aliphatic carbocycles. The molecule has 1 aliphatic heterocycles. The van der Waals surface area contributed by atoms with Crippen molar-refractivity contribution in [3.63, 3.8) is 0 Å². The molecule has 3 rings (SSSR count). The lowest BCUT2D eigenvalue weighted by Crippen LogP contribution is -2.15. The van der Waals surface area contributed by atoms with Gasteiger partial charge >= 0.3 is 0 Å². The lowest BCUT2D eigenvalue weighted by molar-refractivity contribution is 0.508. The maximum atomic E-state index is 5.97. The summed E-state index contributed by atoms with van der Waals surface area (Å²) in [6.45, 7) is 6.07. The second-order valence-corrected chi connectivity index (χ2v) is 5.91. The molecule has 106 valence electrons. The highest BCUT2D eigenvalue weighted by atomic mass is 15.1. The molecule has 20 heavy (non-hydrogen) atoms. The molecule has 2 heterocycles. The van der Waals surface area contributed by atoms with E-state index in [2.05, 4.69) is 42.7 Å². The van der Waals surface area contributed by atoms with E-state index >= 15 is 0 Å². The van der Waals surface area contributed by atoms with Gasteiger partial charge in [-0.1, -0.05) is 38.1 Å². The summed E-state index contributed by atoms with van der Waals surface area (Å²) in [5, 5.41) is 0. The molecule has 2 aromatic rings. The van der Waals surface area contributed by atoms with E-state index in [0.29, 0.717) is 12.5 Å². The lowest BCUT2D eigenvalue weighted by Gasteiger charge is -2.15. The van der Waals surface area contributed by atoms with Crippen molar-refractivity contribution in [3.8, 4) is 11.3 Å². The molecule has 3 heteroatoms. The third-order valence-electron chi connectivity index (χ3n) is 4.23. The molecule has 0 saturated heterocycles. The maximum absolute atomic E-state index is 5.97. The zero-order valence-corrected chi connectivity index (χ0v) is 12.4. The third-order valence-corrected chi connectivity index (χ3v) is 4.23. The molecule has 1 aromatic carbocycles. The minimum Gasteiger partial charge on any atom is -0.330 e. The van der Waals surface area contributed by atoms with Crippen LogP contribution in [0.1, 0.15) is 49.7 Å². The Bertz CT molecular complexity index is 593. The SMILES string of the molecule is CC(C)c1ccc(-c2nc3n(c2CN)CCCC3)cc1. The molecular formula is C17H23N3. The third kappa shape index (κ3) is 2.27. The van der Waals surface area contributed by atoms with Crippen LogP contribution in [-0.4, -0.2) is 9.55 Å². The Morgan fingerprint density at radius 1 is 1.20 bits per heavy atom. The number of hydrogen-bond acceptors (Lipinski definition) is 2. The summed E-state index contributed by atoms with van der Waals surface area (Å²) in [5.41, 5.74) is 10.8. The van der Waals surface area contributed by atoms with E-state index in [4.69, 9.17) is 10.7 Å². The number of benzene rings is 1. The number of aryl methyl sites for hydroxylation is 1. The van der Waals surface area contributed by atoms with E-state index in [1.54, 1.807) is 0 Å². The van der Waals surface area contributed by atoms with Gasteiger partial charge in [0.15, 0.2) is 0 Å². The largest absolute Gasteiger partial charge is 0.330 e. The molecule has 2 N–H and O–H groups in total. The van der Waals surface area contributed by atoms with Gasteiger partial charge in [-0.05, 0) is 24.3 Å². The minimum absolute atomic E-state index is 0.563. The van der Waals surface area contributed by atoms with E-state index < -0.39 is 0 Å². The summed E-state index contributed by atoms with van der Waals surface area (Å²) in [6.07, 6.45) is 3.56. The molecule has 3 nitrogen and oxygen atoms in total. The van der Waals surface area contributed by atoms with Crippen molar-refractivity contribution < 1.29 is 0 Å². The van der Waals surface area contributed by atoms with E-state index in [1.807, 2.05) is 0 Å². The second-order valence-electron chi connectivity index (χ2n) is 5.91. The van der Waals surface area contributed by atoms with Gasteiger partial charge in [-0.25, -0.2) is 4.98 Å². The normalized spacial score (nSPS) is 14.6. The summed E-state index contributed by atoms with van der Waals surface area (Å²) in [7, 11) is 0. The van der Waals surface area contributed by atoms with Gasteiger partial charge in [-0.15, -0.1) is 0 Å². The first kappa shape index (κ1) is 13.4. The van der Waals surface area contributed by atoms with Crippen molar-refractivity contribution >= 4 is 0 Å². The van der Waals surface area contributed by atoms with Crippen LogP contribution in [0.3, 0.4) is 0 Å². The van der Waals surface area contributed by atoms with Crippen LogP contribution in [0.15, 0.2) is 24.3 Å². The standard InChI is InChI=1S/C17H23N3/c1-12(2)13-6-8-14(9-7-13)17-15(11-18)20-10-4-3-5-16(20)19-17/h6-9,12H,3-5,10-11,18H2,1-2H3. The van der Waals surface area contributed by atoms with Gasteiger partial charge in [0.2, 0.25) is 0 Å². The summed E-state index contributed by atoms with van der Waals surface area (Å²) >= 11 is 0. The zero-order valence-electron chi connectivity index (χ0n) is 12.4. The molecule has 1 aliphatic rings. The number of nitrogens with two attached hydrogens (primary N) is 1. The Hall–Kier alpha value is -1.61. The Labute approximate surface area is 120 Å². The quantitative estimate of drug-likeness (QED) is 0.927. The number of fused-ring (bicyclic) bond motifs is 1. The molecule has 0 saturated carbocycles. The Kier molecular flexibility index (Phi) is 3.62. The van der Waals surface area contributed by atoms with Crippen molar-refractivity contribution in [1.82, 2.24) is 9.55 Å². The minimum atomic E-state index is 0.563. The molecule has 0 atom stereocenters. The fourth-order valence-electron chi connectivity index (χ4n) is 3.01. The number of hydrogen-bond donors (Lipinski definition) is 1. The van der Waals surface area contributed by atoms with Crippen LogP contribution in [0.2, 0.25) is 0 Å². The first-order valence-electron chi connectivity index (χ1n) is 7.59. The molecule has 0 amide bonds. The van der Waals surface area contributed by atoms with Gasteiger partial charge in [0.25, 0.3) is 0 Å². The highest BCUT2D eigenvalue weighted by molar-refractivity contribution is 5.63. The summed E-state index contributed by atoms with van der Waals surface area (Å²) < 4.78 is 2.33. The Balaban J connectivity index is 2.03. The predicted octanol–water partition coefficient (Wildman–Crippen LogP) is 3.47. The van der Waals surface area contributed by atoms with Crippen molar-refractivity contribution in [2.75, 3.05) is 0 Å². The van der Waals surface area contributed by atoms with Gasteiger partial charge in [-0.3, -0.25) is 0 Å². The van der Waals surface area contributed by atoms with Crippen molar-refractivity contribution in [3.05, 3.63) is 41.3 Å². The lowest BCUT2D eigenvalue weighted by atomic mass is 10.0. The molecule has 0 fully saturated rings. The van der Waals surface area contributed by atoms with Gasteiger partial charge in [0, 0.05) is 25.1 Å². The van der Waals surface area contributed by atoms with Gasteiger partial charge < -0.3 is 10.3 Å². The monoisotopic (exact) mass is 269 g/mol. The fourth-order valence-corrected chi connectivity index (χ4v) is 3.01. The summed E-state index contributed by atoms with van der Waals surface area (Å²) in [4.78, 5) is 4.85. The average Bonchev–Trinajstić information content (AvgIpc) is 2.85. The van der Waals surface area contributed by atoms with Crippen LogP contribution >= 0.6 is 0 Å². The van der Waals surface area contributed by atoms with Crippen molar-refractivity contribution in [1.29, 1.82) is 0 Å². The Morgan fingerprint density at radius 3 is 2.60 bits per heavy atom. The average molecular weight is 269 g/mol. The van der Waals surface area contributed by atoms with Crippen LogP contribution in [0.25, 0.3) is 11.3 Å². The first-order valence-corrected chi connectivity index (χ1v) is 7.59. The molecule has 0 radical (unpaired) electrons. The predicted molar refractivity (Wildman–Crippen MR) is 82.6 cm³/mol. The van der Waals surface area contributed by atoms with Gasteiger partial charge in [-0.2, -0.15) is 0 Å². The topological polar surface area (TPSA) is 43.8 Å². The molecule has 0 unspecified atom stereocenters. The van der Waals surface area contributed by atoms with Crippen molar-refractivity contribution in [2.45, 2.75) is 52.1 Å². The fraction of sp³-hybridized carbons (Fsp3) is 0.471. The number of rotatable bonds is 3. The molecular weight excluding hydrogens is 246 g/mol. The molecule has 0 spiro atoms. The van der Waals surface area contributed by atoms with Crippen LogP contribution in [0.5, 0.6) is 0 Å². The highest BCUT2D eigenvalue weighted by Gasteiger charge is 2.19. The number of aromatic nitrogens is 2. The van der Waals surface area contributed by atoms with Crippen LogP contribution < -0.4 is 5.73 Å². The van der Waals surface area contributed by atoms with E-state index in [1.165, 1.54) is 35.5 Å². The van der Waals surface area contributed by atoms with Crippen LogP contribution in [-0.2, 0) is 19.5 Å². The maximum Gasteiger partial charge on any atom is 0.109 e. The van der Waals surface area contributed by atoms with Crippen LogP contribution in [0.4, 0.5) is 0 Å². The Morgan fingerprint density at radius 2 is 1.95 bits per heavy atom. The summed E-state index contributed by atoms with van der Waals surface area (Å²) in [6, 6.07) is 8.78. The molecule has 0 bridgehead atoms. The molecule has 1 aromatic heterocycles. The highest BCUT2D eigenvalue weighted by Crippen LogP contribution is 2.28. The summed E-state index contributed by atoms with van der Waals surface area (Å²) in [5.74, 6) is 1.77. The van der Waals surface area contributed by atoms with E-state index in [9.17, 15) is 0 Å². The number of nitrogens with zero attached hydrogens (tertiary/aromatic N) is 2. The van der Waals surface area contributed by atoms with Crippen molar-refractivity contribution in [2.24, 2.45) is 5.73 Å². The second kappa shape index (κ2) is 5.41. The van der Waals surface area contributed by atoms with Gasteiger partial charge in [0.05, 0.1) is 11.4 Å². The van der Waals surface area contributed by atoms with E-state index in [-0.39, 0.29) is 0 Å². The number of imidazole rings is 1. The smallest absolute Gasteiger partial charge is 0.109 e.